The fourth-order valence-corrected chi connectivity index (χ4v) is 3.36. The highest BCUT2D eigenvalue weighted by atomic mass is 19.1. The predicted molar refractivity (Wildman–Crippen MR) is 143 cm³/mol. The summed E-state index contributed by atoms with van der Waals surface area (Å²) < 4.78 is 34.7. The third-order valence-corrected chi connectivity index (χ3v) is 5.83. The summed E-state index contributed by atoms with van der Waals surface area (Å²) >= 11 is 0. The van der Waals surface area contributed by atoms with E-state index in [4.69, 9.17) is 4.74 Å². The standard InChI is InChI=1S/C13H12FN5O2.C6H6FN.C5H11N.C3H6/c1-18-13(11(21-2)5-16-18)9-3-8-4-12(15-7-20)17-19(8)6-10(9)14;1-5-6(7)3-2-4-8-5;1-2-6-4-3-5-6;1-2-3-1/h3-7H,1-2H3,(H,15,17,20);2-4H,1H3;2-5H2,1H3;1-3H2. The number of likely N-dealkylation sites (tertiary alicyclic amines) is 1. The van der Waals surface area contributed by atoms with Gasteiger partial charge in [-0.15, -0.1) is 5.10 Å². The van der Waals surface area contributed by atoms with Gasteiger partial charge in [0.05, 0.1) is 30.7 Å². The summed E-state index contributed by atoms with van der Waals surface area (Å²) in [6.45, 7) is 7.78. The second-order valence-electron chi connectivity index (χ2n) is 8.80. The van der Waals surface area contributed by atoms with Crippen LogP contribution < -0.4 is 10.1 Å². The van der Waals surface area contributed by atoms with Gasteiger partial charge >= 0.3 is 0 Å². The van der Waals surface area contributed by atoms with E-state index in [2.05, 4.69) is 32.3 Å². The molecule has 1 aliphatic carbocycles. The molecule has 1 saturated carbocycles. The summed E-state index contributed by atoms with van der Waals surface area (Å²) in [5.41, 5.74) is 1.96. The molecule has 38 heavy (non-hydrogen) atoms. The molecule has 0 aromatic carbocycles. The first-order valence-corrected chi connectivity index (χ1v) is 12.6. The van der Waals surface area contributed by atoms with Gasteiger partial charge < -0.3 is 15.0 Å². The summed E-state index contributed by atoms with van der Waals surface area (Å²) in [7, 11) is 3.21. The first-order valence-electron chi connectivity index (χ1n) is 12.6. The van der Waals surface area contributed by atoms with Gasteiger partial charge in [0, 0.05) is 24.9 Å². The molecule has 5 heterocycles. The fraction of sp³-hybridized carbons (Fsp3) is 0.407. The van der Waals surface area contributed by atoms with Gasteiger partial charge in [0.1, 0.15) is 11.5 Å². The zero-order valence-corrected chi connectivity index (χ0v) is 22.3. The van der Waals surface area contributed by atoms with E-state index in [9.17, 15) is 13.6 Å². The van der Waals surface area contributed by atoms with Crippen LogP contribution in [-0.2, 0) is 11.8 Å². The summed E-state index contributed by atoms with van der Waals surface area (Å²) in [6, 6.07) is 6.22. The van der Waals surface area contributed by atoms with E-state index in [-0.39, 0.29) is 5.82 Å². The molecule has 0 radical (unpaired) electrons. The number of amides is 1. The molecule has 0 bridgehead atoms. The minimum atomic E-state index is -0.467. The molecule has 1 aliphatic heterocycles. The van der Waals surface area contributed by atoms with E-state index in [1.54, 1.807) is 38.4 Å². The van der Waals surface area contributed by atoms with Crippen LogP contribution in [0, 0.1) is 18.6 Å². The number of nitrogens with one attached hydrogen (secondary N) is 1. The lowest BCUT2D eigenvalue weighted by Crippen LogP contribution is -2.36. The molecular formula is C27H35F2N7O2. The summed E-state index contributed by atoms with van der Waals surface area (Å²) in [5.74, 6) is 0.114. The largest absolute Gasteiger partial charge is 0.493 e. The van der Waals surface area contributed by atoms with Crippen molar-refractivity contribution in [2.24, 2.45) is 7.05 Å². The molecule has 2 aliphatic rings. The van der Waals surface area contributed by atoms with Crippen molar-refractivity contribution < 1.29 is 18.3 Å². The van der Waals surface area contributed by atoms with Gasteiger partial charge in [-0.2, -0.15) is 5.10 Å². The average Bonchev–Trinajstić information content (AvgIpc) is 3.64. The van der Waals surface area contributed by atoms with E-state index < -0.39 is 5.82 Å². The number of aromatic nitrogens is 5. The number of rotatable bonds is 5. The van der Waals surface area contributed by atoms with Crippen LogP contribution in [0.15, 0.2) is 42.9 Å². The SMILES string of the molecule is C1CC1.CCN1CCC1.COc1cnn(C)c1-c1cc2cc(NC=O)nn2cc1F.Cc1ncccc1F. The minimum Gasteiger partial charge on any atom is -0.493 e. The van der Waals surface area contributed by atoms with Gasteiger partial charge in [0.25, 0.3) is 0 Å². The van der Waals surface area contributed by atoms with Crippen molar-refractivity contribution in [1.82, 2.24) is 29.3 Å². The molecule has 4 aromatic heterocycles. The Hall–Kier alpha value is -3.86. The number of nitrogens with zero attached hydrogens (tertiary/aromatic N) is 6. The number of methoxy groups -OCH3 is 1. The molecule has 0 atom stereocenters. The number of hydrogen-bond acceptors (Lipinski definition) is 6. The normalized spacial score (nSPS) is 13.5. The van der Waals surface area contributed by atoms with Crippen LogP contribution in [0.5, 0.6) is 5.75 Å². The van der Waals surface area contributed by atoms with E-state index in [1.807, 2.05) is 0 Å². The van der Waals surface area contributed by atoms with Crippen molar-refractivity contribution in [2.45, 2.75) is 39.5 Å². The van der Waals surface area contributed by atoms with Crippen molar-refractivity contribution in [2.75, 3.05) is 32.1 Å². The first kappa shape index (κ1) is 28.7. The van der Waals surface area contributed by atoms with Gasteiger partial charge in [-0.05, 0) is 51.2 Å². The molecule has 9 nitrogen and oxygen atoms in total. The summed E-state index contributed by atoms with van der Waals surface area (Å²) in [5, 5.41) is 10.5. The number of hydrogen-bond donors (Lipinski definition) is 1. The van der Waals surface area contributed by atoms with Gasteiger partial charge in [0.15, 0.2) is 17.4 Å². The van der Waals surface area contributed by atoms with Gasteiger partial charge in [0.2, 0.25) is 6.41 Å². The van der Waals surface area contributed by atoms with Gasteiger partial charge in [-0.25, -0.2) is 13.3 Å². The smallest absolute Gasteiger partial charge is 0.212 e. The third kappa shape index (κ3) is 8.07. The Balaban J connectivity index is 0.000000189. The molecule has 1 N–H and O–H groups in total. The van der Waals surface area contributed by atoms with E-state index in [0.29, 0.717) is 40.4 Å². The predicted octanol–water partition coefficient (Wildman–Crippen LogP) is 4.86. The molecule has 1 amide bonds. The molecule has 1 saturated heterocycles. The van der Waals surface area contributed by atoms with Crippen LogP contribution in [0.1, 0.15) is 38.3 Å². The van der Waals surface area contributed by atoms with Crippen LogP contribution >= 0.6 is 0 Å². The highest BCUT2D eigenvalue weighted by Gasteiger charge is 2.17. The highest BCUT2D eigenvalue weighted by molar-refractivity contribution is 5.75. The summed E-state index contributed by atoms with van der Waals surface area (Å²) in [4.78, 5) is 16.6. The Bertz CT molecular complexity index is 1290. The minimum absolute atomic E-state index is 0.243. The van der Waals surface area contributed by atoms with Crippen molar-refractivity contribution in [3.63, 3.8) is 0 Å². The second-order valence-corrected chi connectivity index (χ2v) is 8.80. The molecule has 6 rings (SSSR count). The molecule has 204 valence electrons. The number of carbonyl (C=O) groups excluding carboxylic acids is 1. The lowest BCUT2D eigenvalue weighted by molar-refractivity contribution is -0.105. The van der Waals surface area contributed by atoms with Gasteiger partial charge in [-0.3, -0.25) is 14.5 Å². The molecule has 4 aromatic rings. The number of ether oxygens (including phenoxy) is 1. The Morgan fingerprint density at radius 3 is 2.34 bits per heavy atom. The zero-order chi connectivity index (χ0) is 27.5. The first-order chi connectivity index (χ1) is 18.4. The van der Waals surface area contributed by atoms with Crippen LogP contribution in [0.2, 0.25) is 0 Å². The van der Waals surface area contributed by atoms with E-state index >= 15 is 0 Å². The van der Waals surface area contributed by atoms with Crippen LogP contribution in [-0.4, -0.2) is 62.4 Å². The second kappa shape index (κ2) is 14.2. The Labute approximate surface area is 221 Å². The van der Waals surface area contributed by atoms with Crippen LogP contribution in [0.4, 0.5) is 14.6 Å². The third-order valence-electron chi connectivity index (χ3n) is 5.83. The maximum atomic E-state index is 14.3. The number of halogens is 2. The number of pyridine rings is 2. The maximum absolute atomic E-state index is 14.3. The molecule has 0 spiro atoms. The fourth-order valence-electron chi connectivity index (χ4n) is 3.36. The Morgan fingerprint density at radius 1 is 1.13 bits per heavy atom. The molecule has 2 fully saturated rings. The topological polar surface area (TPSA) is 89.6 Å². The molecule has 11 heteroatoms. The van der Waals surface area contributed by atoms with E-state index in [0.717, 1.165) is 0 Å². The molecular weight excluding hydrogens is 492 g/mol. The number of anilines is 1. The van der Waals surface area contributed by atoms with Crippen molar-refractivity contribution in [3.8, 4) is 17.0 Å². The Morgan fingerprint density at radius 2 is 1.87 bits per heavy atom. The van der Waals surface area contributed by atoms with Crippen LogP contribution in [0.3, 0.4) is 0 Å². The quantitative estimate of drug-likeness (QED) is 0.373. The number of fused-ring (bicyclic) bond motifs is 1. The Kier molecular flexibility index (Phi) is 10.7. The average molecular weight is 528 g/mol. The monoisotopic (exact) mass is 527 g/mol. The number of aryl methyl sites for hydroxylation is 2. The van der Waals surface area contributed by atoms with Crippen molar-refractivity contribution in [1.29, 1.82) is 0 Å². The highest BCUT2D eigenvalue weighted by Crippen LogP contribution is 2.32. The lowest BCUT2D eigenvalue weighted by Gasteiger charge is -2.28. The van der Waals surface area contributed by atoms with Gasteiger partial charge in [-0.1, -0.05) is 26.2 Å². The number of carbonyl (C=O) groups is 1. The van der Waals surface area contributed by atoms with E-state index in [1.165, 1.54) is 80.1 Å². The van der Waals surface area contributed by atoms with Crippen LogP contribution in [0.25, 0.3) is 16.8 Å². The lowest BCUT2D eigenvalue weighted by atomic mass is 10.1. The maximum Gasteiger partial charge on any atom is 0.212 e. The molecule has 0 unspecified atom stereocenters. The summed E-state index contributed by atoms with van der Waals surface area (Å²) in [6.07, 6.45) is 10.8. The van der Waals surface area contributed by atoms with Crippen molar-refractivity contribution >= 4 is 17.7 Å². The zero-order valence-electron chi connectivity index (χ0n) is 22.3. The van der Waals surface area contributed by atoms with Crippen molar-refractivity contribution in [3.05, 3.63) is 60.2 Å².